The lowest BCUT2D eigenvalue weighted by atomic mass is 9.99. The Morgan fingerprint density at radius 2 is 2.23 bits per heavy atom. The summed E-state index contributed by atoms with van der Waals surface area (Å²) in [6, 6.07) is 6.53. The molecule has 1 aliphatic rings. The molecule has 0 saturated carbocycles. The normalized spacial score (nSPS) is 13.5. The number of carbonyl (C=O) groups excluding carboxylic acids is 1. The Morgan fingerprint density at radius 1 is 1.35 bits per heavy atom. The van der Waals surface area contributed by atoms with E-state index in [1.165, 1.54) is 17.7 Å². The van der Waals surface area contributed by atoms with Crippen LogP contribution in [0, 0.1) is 0 Å². The van der Waals surface area contributed by atoms with Gasteiger partial charge in [0.05, 0.1) is 11.9 Å². The van der Waals surface area contributed by atoms with Crippen molar-refractivity contribution in [1.82, 2.24) is 24.6 Å². The number of anilines is 1. The predicted octanol–water partition coefficient (Wildman–Crippen LogP) is 1.86. The molecule has 3 aromatic rings. The number of aryl methyl sites for hydroxylation is 1. The first-order chi connectivity index (χ1) is 12.7. The zero-order valence-corrected chi connectivity index (χ0v) is 15.0. The Balaban J connectivity index is 1.66. The molecule has 3 heterocycles. The number of nitrogens with one attached hydrogen (secondary N) is 1. The molecular formula is C19H22N6O. The topological polar surface area (TPSA) is 68.0 Å². The highest BCUT2D eigenvalue weighted by molar-refractivity contribution is 5.75. The van der Waals surface area contributed by atoms with E-state index in [0.29, 0.717) is 0 Å². The summed E-state index contributed by atoms with van der Waals surface area (Å²) in [4.78, 5) is 18.4. The van der Waals surface area contributed by atoms with Crippen LogP contribution in [-0.4, -0.2) is 45.9 Å². The van der Waals surface area contributed by atoms with E-state index < -0.39 is 0 Å². The number of hydrogen-bond acceptors (Lipinski definition) is 4. The monoisotopic (exact) mass is 350 g/mol. The molecule has 1 aromatic carbocycles. The number of fused-ring (bicyclic) bond motifs is 1. The minimum atomic E-state index is -0.0793. The van der Waals surface area contributed by atoms with Crippen molar-refractivity contribution < 1.29 is 4.79 Å². The largest absolute Gasteiger partial charge is 0.374 e. The Labute approximate surface area is 152 Å². The lowest BCUT2D eigenvalue weighted by Gasteiger charge is -2.27. The summed E-state index contributed by atoms with van der Waals surface area (Å²) < 4.78 is 3.63. The van der Waals surface area contributed by atoms with E-state index in [-0.39, 0.29) is 12.5 Å². The molecule has 0 unspecified atom stereocenters. The second-order valence-corrected chi connectivity index (χ2v) is 6.56. The van der Waals surface area contributed by atoms with Crippen LogP contribution in [0.1, 0.15) is 12.0 Å². The molecule has 4 rings (SSSR count). The van der Waals surface area contributed by atoms with E-state index in [2.05, 4.69) is 45.5 Å². The van der Waals surface area contributed by atoms with Crippen molar-refractivity contribution in [3.63, 3.8) is 0 Å². The number of carbonyl (C=O) groups is 1. The number of nitrogens with zero attached hydrogens (tertiary/aromatic N) is 5. The zero-order chi connectivity index (χ0) is 18.1. The van der Waals surface area contributed by atoms with Gasteiger partial charge in [-0.2, -0.15) is 5.10 Å². The van der Waals surface area contributed by atoms with Gasteiger partial charge >= 0.3 is 0 Å². The molecule has 1 amide bonds. The van der Waals surface area contributed by atoms with Crippen LogP contribution < -0.4 is 10.2 Å². The van der Waals surface area contributed by atoms with E-state index >= 15 is 0 Å². The smallest absolute Gasteiger partial charge is 0.241 e. The molecule has 0 saturated heterocycles. The summed E-state index contributed by atoms with van der Waals surface area (Å²) in [5.41, 5.74) is 4.64. The number of amides is 1. The zero-order valence-electron chi connectivity index (χ0n) is 15.0. The van der Waals surface area contributed by atoms with Gasteiger partial charge in [-0.05, 0) is 36.6 Å². The van der Waals surface area contributed by atoms with Gasteiger partial charge in [0, 0.05) is 50.5 Å². The van der Waals surface area contributed by atoms with Crippen LogP contribution in [0.25, 0.3) is 17.1 Å². The minimum Gasteiger partial charge on any atom is -0.374 e. The molecule has 0 bridgehead atoms. The Hall–Kier alpha value is -3.09. The van der Waals surface area contributed by atoms with Gasteiger partial charge < -0.3 is 10.2 Å². The van der Waals surface area contributed by atoms with Gasteiger partial charge in [-0.3, -0.25) is 14.0 Å². The summed E-state index contributed by atoms with van der Waals surface area (Å²) in [6.45, 7) is 1.30. The lowest BCUT2D eigenvalue weighted by Crippen LogP contribution is -2.24. The van der Waals surface area contributed by atoms with Crippen molar-refractivity contribution in [3.05, 3.63) is 48.5 Å². The fourth-order valence-corrected chi connectivity index (χ4v) is 3.44. The highest BCUT2D eigenvalue weighted by Crippen LogP contribution is 2.31. The maximum atomic E-state index is 11.5. The van der Waals surface area contributed by atoms with Crippen molar-refractivity contribution >= 4 is 11.6 Å². The summed E-state index contributed by atoms with van der Waals surface area (Å²) >= 11 is 0. The van der Waals surface area contributed by atoms with E-state index in [1.54, 1.807) is 24.1 Å². The van der Waals surface area contributed by atoms with E-state index in [0.717, 1.165) is 30.0 Å². The van der Waals surface area contributed by atoms with Crippen LogP contribution in [0.5, 0.6) is 0 Å². The van der Waals surface area contributed by atoms with Crippen LogP contribution in [-0.2, 0) is 17.8 Å². The fraction of sp³-hybridized carbons (Fsp3) is 0.316. The quantitative estimate of drug-likeness (QED) is 0.780. The van der Waals surface area contributed by atoms with Crippen LogP contribution in [0.2, 0.25) is 0 Å². The van der Waals surface area contributed by atoms with Crippen molar-refractivity contribution in [2.24, 2.45) is 0 Å². The van der Waals surface area contributed by atoms with Crippen LogP contribution in [0.15, 0.2) is 43.0 Å². The number of hydrogen-bond donors (Lipinski definition) is 1. The highest BCUT2D eigenvalue weighted by Gasteiger charge is 2.16. The second-order valence-electron chi connectivity index (χ2n) is 6.56. The lowest BCUT2D eigenvalue weighted by molar-refractivity contribution is -0.121. The molecule has 26 heavy (non-hydrogen) atoms. The standard InChI is InChI=1S/C19H22N6O/c1-20-18(26)13-24-12-16(11-22-24)25-9-7-21-19(25)15-5-6-17-14(10-15)4-3-8-23(17)2/h5-7,9-12H,3-4,8,13H2,1-2H3,(H,20,26). The van der Waals surface area contributed by atoms with Gasteiger partial charge in [0.25, 0.3) is 0 Å². The highest BCUT2D eigenvalue weighted by atomic mass is 16.1. The summed E-state index contributed by atoms with van der Waals surface area (Å²) in [6.07, 6.45) is 9.58. The third-order valence-electron chi connectivity index (χ3n) is 4.81. The van der Waals surface area contributed by atoms with Crippen molar-refractivity contribution in [2.75, 3.05) is 25.5 Å². The van der Waals surface area contributed by atoms with Gasteiger partial charge in [0.1, 0.15) is 12.4 Å². The van der Waals surface area contributed by atoms with Gasteiger partial charge in [0.15, 0.2) is 0 Å². The maximum absolute atomic E-state index is 11.5. The van der Waals surface area contributed by atoms with Gasteiger partial charge in [0.2, 0.25) is 5.91 Å². The summed E-state index contributed by atoms with van der Waals surface area (Å²) in [5.74, 6) is 0.796. The molecule has 0 radical (unpaired) electrons. The first-order valence-corrected chi connectivity index (χ1v) is 8.77. The number of benzene rings is 1. The molecule has 0 aliphatic carbocycles. The average molecular weight is 350 g/mol. The van der Waals surface area contributed by atoms with E-state index in [4.69, 9.17) is 0 Å². The van der Waals surface area contributed by atoms with Gasteiger partial charge in [-0.15, -0.1) is 0 Å². The van der Waals surface area contributed by atoms with Gasteiger partial charge in [-0.25, -0.2) is 4.98 Å². The first-order valence-electron chi connectivity index (χ1n) is 8.77. The molecule has 0 atom stereocenters. The second kappa shape index (κ2) is 6.67. The SMILES string of the molecule is CNC(=O)Cn1cc(-n2ccnc2-c2ccc3c(c2)CCCN3C)cn1. The molecule has 1 N–H and O–H groups in total. The fourth-order valence-electron chi connectivity index (χ4n) is 3.44. The molecule has 2 aromatic heterocycles. The van der Waals surface area contributed by atoms with Gasteiger partial charge in [-0.1, -0.05) is 0 Å². The van der Waals surface area contributed by atoms with Crippen molar-refractivity contribution in [2.45, 2.75) is 19.4 Å². The molecular weight excluding hydrogens is 328 g/mol. The van der Waals surface area contributed by atoms with E-state index in [9.17, 15) is 4.79 Å². The maximum Gasteiger partial charge on any atom is 0.241 e. The number of aromatic nitrogens is 4. The van der Waals surface area contributed by atoms with Crippen molar-refractivity contribution in [1.29, 1.82) is 0 Å². The van der Waals surface area contributed by atoms with Crippen LogP contribution in [0.4, 0.5) is 5.69 Å². The summed E-state index contributed by atoms with van der Waals surface area (Å²) in [5, 5.41) is 6.88. The third-order valence-corrected chi connectivity index (χ3v) is 4.81. The number of rotatable bonds is 4. The molecule has 0 fully saturated rings. The molecule has 134 valence electrons. The Bertz CT molecular complexity index is 941. The van der Waals surface area contributed by atoms with Crippen molar-refractivity contribution in [3.8, 4) is 17.1 Å². The van der Waals surface area contributed by atoms with E-state index in [1.807, 2.05) is 17.0 Å². The third kappa shape index (κ3) is 2.96. The summed E-state index contributed by atoms with van der Waals surface area (Å²) in [7, 11) is 3.76. The first kappa shape index (κ1) is 16.4. The Kier molecular flexibility index (Phi) is 4.20. The molecule has 7 heteroatoms. The predicted molar refractivity (Wildman–Crippen MR) is 100 cm³/mol. The Morgan fingerprint density at radius 3 is 3.08 bits per heavy atom. The molecule has 7 nitrogen and oxygen atoms in total. The van der Waals surface area contributed by atoms with Crippen LogP contribution >= 0.6 is 0 Å². The minimum absolute atomic E-state index is 0.0793. The number of imidazole rings is 1. The molecule has 1 aliphatic heterocycles. The average Bonchev–Trinajstić information content (AvgIpc) is 3.30. The molecule has 0 spiro atoms. The number of likely N-dealkylation sites (N-methyl/N-ethyl adjacent to an activating group) is 1. The van der Waals surface area contributed by atoms with Crippen LogP contribution in [0.3, 0.4) is 0 Å².